The maximum Gasteiger partial charge on any atom is 0.322 e. The number of likely N-dealkylation sites (tertiary alicyclic amines) is 1. The molecule has 0 saturated carbocycles. The SMILES string of the molecule is CNC(=O)C1CCCN1C(=O)Nc1ccc2nc(C(C)C)sc2c1. The van der Waals surface area contributed by atoms with Gasteiger partial charge >= 0.3 is 6.03 Å². The number of nitrogens with zero attached hydrogens (tertiary/aromatic N) is 2. The minimum absolute atomic E-state index is 0.109. The van der Waals surface area contributed by atoms with Gasteiger partial charge in [0, 0.05) is 25.2 Å². The van der Waals surface area contributed by atoms with E-state index in [0.29, 0.717) is 18.9 Å². The van der Waals surface area contributed by atoms with Crippen molar-refractivity contribution < 1.29 is 9.59 Å². The molecular formula is C17H22N4O2S. The van der Waals surface area contributed by atoms with Gasteiger partial charge in [-0.05, 0) is 31.0 Å². The number of aromatic nitrogens is 1. The molecule has 6 nitrogen and oxygen atoms in total. The fraction of sp³-hybridized carbons (Fsp3) is 0.471. The summed E-state index contributed by atoms with van der Waals surface area (Å²) in [7, 11) is 1.60. The molecule has 0 bridgehead atoms. The Morgan fingerprint density at radius 3 is 2.88 bits per heavy atom. The number of anilines is 1. The molecule has 24 heavy (non-hydrogen) atoms. The molecule has 0 radical (unpaired) electrons. The van der Waals surface area contributed by atoms with Gasteiger partial charge in [-0.3, -0.25) is 4.79 Å². The zero-order valence-electron chi connectivity index (χ0n) is 14.1. The Bertz CT molecular complexity index is 771. The van der Waals surface area contributed by atoms with Gasteiger partial charge in [-0.15, -0.1) is 11.3 Å². The molecule has 2 N–H and O–H groups in total. The molecule has 1 unspecified atom stereocenters. The summed E-state index contributed by atoms with van der Waals surface area (Å²) in [6.45, 7) is 4.84. The minimum Gasteiger partial charge on any atom is -0.357 e. The fourth-order valence-corrected chi connectivity index (χ4v) is 3.92. The van der Waals surface area contributed by atoms with E-state index in [0.717, 1.165) is 27.3 Å². The number of carbonyl (C=O) groups is 2. The zero-order valence-corrected chi connectivity index (χ0v) is 14.9. The van der Waals surface area contributed by atoms with Crippen molar-refractivity contribution in [3.8, 4) is 0 Å². The third kappa shape index (κ3) is 3.21. The average molecular weight is 346 g/mol. The molecule has 3 amide bonds. The quantitative estimate of drug-likeness (QED) is 0.896. The molecule has 2 aromatic rings. The third-order valence-electron chi connectivity index (χ3n) is 4.21. The van der Waals surface area contributed by atoms with Crippen LogP contribution in [0.2, 0.25) is 0 Å². The summed E-state index contributed by atoms with van der Waals surface area (Å²) in [5.74, 6) is 0.278. The van der Waals surface area contributed by atoms with Crippen LogP contribution in [0.15, 0.2) is 18.2 Å². The Kier molecular flexibility index (Phi) is 4.71. The van der Waals surface area contributed by atoms with Crippen LogP contribution in [0.5, 0.6) is 0 Å². The summed E-state index contributed by atoms with van der Waals surface area (Å²) in [6.07, 6.45) is 1.55. The molecular weight excluding hydrogens is 324 g/mol. The summed E-state index contributed by atoms with van der Waals surface area (Å²) in [6, 6.07) is 5.12. The Hall–Kier alpha value is -2.15. The smallest absolute Gasteiger partial charge is 0.322 e. The second-order valence-corrected chi connectivity index (χ2v) is 7.35. The number of hydrogen-bond acceptors (Lipinski definition) is 4. The maximum absolute atomic E-state index is 12.5. The highest BCUT2D eigenvalue weighted by atomic mass is 32.1. The Labute approximate surface area is 145 Å². The zero-order chi connectivity index (χ0) is 17.3. The van der Waals surface area contributed by atoms with Gasteiger partial charge in [0.2, 0.25) is 5.91 Å². The standard InChI is InChI=1S/C17H22N4O2S/c1-10(2)16-20-12-7-6-11(9-14(12)24-16)19-17(23)21-8-4-5-13(21)15(22)18-3/h6-7,9-10,13H,4-5,8H2,1-3H3,(H,18,22)(H,19,23). The van der Waals surface area contributed by atoms with Crippen LogP contribution in [-0.2, 0) is 4.79 Å². The second-order valence-electron chi connectivity index (χ2n) is 6.29. The van der Waals surface area contributed by atoms with Gasteiger partial charge in [0.15, 0.2) is 0 Å². The van der Waals surface area contributed by atoms with E-state index in [1.54, 1.807) is 23.3 Å². The van der Waals surface area contributed by atoms with Gasteiger partial charge in [-0.25, -0.2) is 9.78 Å². The van der Waals surface area contributed by atoms with Gasteiger partial charge in [-0.2, -0.15) is 0 Å². The lowest BCUT2D eigenvalue weighted by Gasteiger charge is -2.23. The largest absolute Gasteiger partial charge is 0.357 e. The van der Waals surface area contributed by atoms with Gasteiger partial charge in [0.1, 0.15) is 6.04 Å². The van der Waals surface area contributed by atoms with Gasteiger partial charge in [0.25, 0.3) is 0 Å². The molecule has 1 aliphatic heterocycles. The number of likely N-dealkylation sites (N-methyl/N-ethyl adjacent to an activating group) is 1. The maximum atomic E-state index is 12.5. The Balaban J connectivity index is 1.76. The summed E-state index contributed by atoms with van der Waals surface area (Å²) in [4.78, 5) is 30.6. The van der Waals surface area contributed by atoms with E-state index in [1.165, 1.54) is 0 Å². The first-order valence-corrected chi connectivity index (χ1v) is 9.01. The summed E-state index contributed by atoms with van der Waals surface area (Å²) in [5, 5.41) is 6.63. The number of amides is 3. The van der Waals surface area contributed by atoms with Crippen molar-refractivity contribution in [1.29, 1.82) is 0 Å². The molecule has 7 heteroatoms. The van der Waals surface area contributed by atoms with Crippen LogP contribution < -0.4 is 10.6 Å². The third-order valence-corrected chi connectivity index (χ3v) is 5.53. The molecule has 1 saturated heterocycles. The van der Waals surface area contributed by atoms with Crippen LogP contribution in [0, 0.1) is 0 Å². The molecule has 2 heterocycles. The van der Waals surface area contributed by atoms with E-state index in [4.69, 9.17) is 0 Å². The van der Waals surface area contributed by atoms with Crippen LogP contribution in [0.1, 0.15) is 37.6 Å². The summed E-state index contributed by atoms with van der Waals surface area (Å²) < 4.78 is 1.06. The molecule has 0 spiro atoms. The summed E-state index contributed by atoms with van der Waals surface area (Å²) in [5.41, 5.74) is 1.68. The number of carbonyl (C=O) groups excluding carboxylic acids is 2. The molecule has 1 fully saturated rings. The van der Waals surface area contributed by atoms with E-state index >= 15 is 0 Å². The second kappa shape index (κ2) is 6.76. The lowest BCUT2D eigenvalue weighted by Crippen LogP contribution is -2.46. The van der Waals surface area contributed by atoms with Crippen LogP contribution in [0.3, 0.4) is 0 Å². The number of urea groups is 1. The van der Waals surface area contributed by atoms with E-state index in [1.807, 2.05) is 18.2 Å². The first-order valence-electron chi connectivity index (χ1n) is 8.19. The van der Waals surface area contributed by atoms with Crippen molar-refractivity contribution in [2.45, 2.75) is 38.6 Å². The van der Waals surface area contributed by atoms with E-state index in [9.17, 15) is 9.59 Å². The normalized spacial score (nSPS) is 17.5. The molecule has 1 atom stereocenters. The van der Waals surface area contributed by atoms with Crippen molar-refractivity contribution in [2.75, 3.05) is 18.9 Å². The predicted octanol–water partition coefficient (Wildman–Crippen LogP) is 3.16. The first-order chi connectivity index (χ1) is 11.5. The molecule has 128 valence electrons. The van der Waals surface area contributed by atoms with Crippen LogP contribution >= 0.6 is 11.3 Å². The van der Waals surface area contributed by atoms with E-state index in [-0.39, 0.29) is 18.0 Å². The predicted molar refractivity (Wildman–Crippen MR) is 96.5 cm³/mol. The highest BCUT2D eigenvalue weighted by Gasteiger charge is 2.33. The van der Waals surface area contributed by atoms with Crippen molar-refractivity contribution >= 4 is 39.2 Å². The minimum atomic E-state index is -0.380. The fourth-order valence-electron chi connectivity index (χ4n) is 2.91. The van der Waals surface area contributed by atoms with E-state index in [2.05, 4.69) is 29.5 Å². The molecule has 1 aliphatic rings. The van der Waals surface area contributed by atoms with Crippen LogP contribution in [0.25, 0.3) is 10.2 Å². The van der Waals surface area contributed by atoms with Crippen molar-refractivity contribution in [3.05, 3.63) is 23.2 Å². The van der Waals surface area contributed by atoms with Crippen LogP contribution in [-0.4, -0.2) is 41.5 Å². The molecule has 1 aromatic heterocycles. The number of nitrogens with one attached hydrogen (secondary N) is 2. The highest BCUT2D eigenvalue weighted by molar-refractivity contribution is 7.18. The van der Waals surface area contributed by atoms with E-state index < -0.39 is 0 Å². The number of benzene rings is 1. The van der Waals surface area contributed by atoms with Crippen molar-refractivity contribution in [3.63, 3.8) is 0 Å². The first kappa shape index (κ1) is 16.7. The molecule has 3 rings (SSSR count). The monoisotopic (exact) mass is 346 g/mol. The van der Waals surface area contributed by atoms with Crippen LogP contribution in [0.4, 0.5) is 10.5 Å². The van der Waals surface area contributed by atoms with Gasteiger partial charge in [0.05, 0.1) is 15.2 Å². The lowest BCUT2D eigenvalue weighted by atomic mass is 10.2. The Morgan fingerprint density at radius 2 is 2.17 bits per heavy atom. The van der Waals surface area contributed by atoms with Gasteiger partial charge in [-0.1, -0.05) is 13.8 Å². The van der Waals surface area contributed by atoms with Crippen molar-refractivity contribution in [2.24, 2.45) is 0 Å². The number of thiazole rings is 1. The summed E-state index contributed by atoms with van der Waals surface area (Å²) >= 11 is 1.65. The number of fused-ring (bicyclic) bond motifs is 1. The molecule has 1 aromatic carbocycles. The molecule has 0 aliphatic carbocycles. The highest BCUT2D eigenvalue weighted by Crippen LogP contribution is 2.29. The number of rotatable bonds is 3. The average Bonchev–Trinajstić information content (AvgIpc) is 3.20. The van der Waals surface area contributed by atoms with Gasteiger partial charge < -0.3 is 15.5 Å². The van der Waals surface area contributed by atoms with Crippen molar-refractivity contribution in [1.82, 2.24) is 15.2 Å². The Morgan fingerprint density at radius 1 is 1.38 bits per heavy atom. The topological polar surface area (TPSA) is 74.3 Å². The lowest BCUT2D eigenvalue weighted by molar-refractivity contribution is -0.124. The number of hydrogen-bond donors (Lipinski definition) is 2.